The van der Waals surface area contributed by atoms with Crippen LogP contribution in [0.2, 0.25) is 0 Å². The van der Waals surface area contributed by atoms with Crippen LogP contribution >= 0.6 is 22.7 Å². The van der Waals surface area contributed by atoms with Crippen LogP contribution in [0, 0.1) is 30.1 Å². The number of carbonyl (C=O) groups excluding carboxylic acids is 6. The number of phenols is 2. The summed E-state index contributed by atoms with van der Waals surface area (Å²) in [6, 6.07) is 34.8. The van der Waals surface area contributed by atoms with Crippen LogP contribution in [0.4, 0.5) is 33.6 Å². The smallest absolute Gasteiger partial charge is 0.410 e. The predicted octanol–water partition coefficient (Wildman–Crippen LogP) is 11.3. The van der Waals surface area contributed by atoms with Crippen LogP contribution in [-0.2, 0) is 39.9 Å². The van der Waals surface area contributed by atoms with E-state index < -0.39 is 72.0 Å². The molecule has 6 amide bonds. The highest BCUT2D eigenvalue weighted by molar-refractivity contribution is 7.13. The number of aryl methyl sites for hydroxylation is 2. The lowest BCUT2D eigenvalue weighted by atomic mass is 9.60. The summed E-state index contributed by atoms with van der Waals surface area (Å²) in [6.07, 6.45) is 7.78. The van der Waals surface area contributed by atoms with Crippen molar-refractivity contribution in [2.45, 2.75) is 210 Å². The summed E-state index contributed by atoms with van der Waals surface area (Å²) >= 11 is 3.05. The highest BCUT2D eigenvalue weighted by atomic mass is 32.1. The van der Waals surface area contributed by atoms with Gasteiger partial charge in [-0.2, -0.15) is 0 Å². The minimum absolute atomic E-state index is 0.00462. The van der Waals surface area contributed by atoms with Gasteiger partial charge < -0.3 is 105 Å². The van der Waals surface area contributed by atoms with E-state index in [9.17, 15) is 44.4 Å². The normalized spacial score (nSPS) is 23.0. The van der Waals surface area contributed by atoms with E-state index in [1.165, 1.54) is 34.0 Å². The molecule has 1 spiro atoms. The molecular weight excluding hydrogens is 1900 g/mol. The number of fused-ring (bicyclic) bond motifs is 2. The summed E-state index contributed by atoms with van der Waals surface area (Å²) in [7, 11) is 0. The lowest BCUT2D eigenvalue weighted by Gasteiger charge is -2.56. The first-order chi connectivity index (χ1) is 70.6. The van der Waals surface area contributed by atoms with Crippen molar-refractivity contribution >= 4 is 87.1 Å². The molecule has 4 aromatic carbocycles. The van der Waals surface area contributed by atoms with Gasteiger partial charge >= 0.3 is 6.09 Å². The molecule has 9 saturated heterocycles. The molecule has 15 heterocycles. The van der Waals surface area contributed by atoms with Crippen LogP contribution in [-0.4, -0.2) is 317 Å². The molecular formula is C107H134N22O15S2. The van der Waals surface area contributed by atoms with Crippen LogP contribution in [0.15, 0.2) is 141 Å². The van der Waals surface area contributed by atoms with E-state index in [1.807, 2.05) is 132 Å². The van der Waals surface area contributed by atoms with Crippen LogP contribution in [0.25, 0.3) is 43.4 Å². The van der Waals surface area contributed by atoms with E-state index in [2.05, 4.69) is 80.6 Å². The van der Waals surface area contributed by atoms with E-state index in [-0.39, 0.29) is 109 Å². The molecule has 0 radical (unpaired) electrons. The number of carbonyl (C=O) groups is 6. The van der Waals surface area contributed by atoms with Crippen molar-refractivity contribution in [2.75, 3.05) is 157 Å². The number of aromatic hydroxyl groups is 2. The first-order valence-corrected chi connectivity index (χ1v) is 53.7. The molecule has 9 aliphatic heterocycles. The number of piperidine rings is 3. The fraction of sp³-hybridized carbons (Fsp3) is 0.533. The Morgan fingerprint density at radius 1 is 0.568 bits per heavy atom. The molecule has 10 N–H and O–H groups in total. The molecule has 774 valence electrons. The summed E-state index contributed by atoms with van der Waals surface area (Å²) in [5.74, 6) is -0.862. The summed E-state index contributed by atoms with van der Waals surface area (Å²) in [5.41, 5.74) is 25.7. The Balaban J connectivity index is 0.415. The SMILES string of the molecule is Cc1ncsc1-c1ccc([C@H](C)NC(=O)[C@@H]2C[C@@H](O)CN2C(=O)[C@@H](c2cc(OCCN3CCC(OC(=O)N4CCN(c5cc(-c6ccccc6O)nnc5N)CC4)CC3)no2)C(C)CCc2ncsc2-c2ccc([C@H](C)NC(=O)[C@@H]3C[C@@H](O)CN3C(=O)[C@@H](c3cc(N4CCC(CN5CCC6(CC5)CC(N5CCO[C@@H](C(=O)N7C8CCC7CN(c7cc(-c9ccccc9O)nnc7N)C8)C5)C6)CC4)no3)C(C)C)cc2)cc1. The van der Waals surface area contributed by atoms with Gasteiger partial charge in [-0.05, 0) is 198 Å². The highest BCUT2D eigenvalue weighted by Crippen LogP contribution is 2.52. The van der Waals surface area contributed by atoms with E-state index >= 15 is 4.79 Å². The maximum Gasteiger partial charge on any atom is 0.410 e. The van der Waals surface area contributed by atoms with Gasteiger partial charge in [0.2, 0.25) is 23.6 Å². The Labute approximate surface area is 857 Å². The molecule has 10 fully saturated rings. The van der Waals surface area contributed by atoms with Gasteiger partial charge in [-0.25, -0.2) is 14.8 Å². The van der Waals surface area contributed by atoms with E-state index in [4.69, 9.17) is 39.7 Å². The molecule has 12 atom stereocenters. The fourth-order valence-corrected chi connectivity index (χ4v) is 25.6. The minimum atomic E-state index is -0.994. The lowest BCUT2D eigenvalue weighted by Crippen LogP contribution is -2.63. The Kier molecular flexibility index (Phi) is 30.3. The number of likely N-dealkylation sites (tertiary alicyclic amines) is 4. The number of para-hydroxylation sites is 2. The number of aromatic nitrogens is 8. The van der Waals surface area contributed by atoms with Crippen LogP contribution in [0.1, 0.15) is 176 Å². The van der Waals surface area contributed by atoms with Gasteiger partial charge in [-0.3, -0.25) is 33.8 Å². The number of phenolic OH excluding ortho intramolecular Hbond substituents is 2. The topological polar surface area (TPSA) is 449 Å². The summed E-state index contributed by atoms with van der Waals surface area (Å²) in [4.78, 5) is 120. The number of rotatable bonds is 31. The lowest BCUT2D eigenvalue weighted by molar-refractivity contribution is -0.158. The molecule has 146 heavy (non-hydrogen) atoms. The van der Waals surface area contributed by atoms with Crippen molar-refractivity contribution < 1.29 is 72.5 Å². The molecule has 10 aromatic rings. The van der Waals surface area contributed by atoms with Crippen molar-refractivity contribution in [3.05, 3.63) is 166 Å². The highest BCUT2D eigenvalue weighted by Gasteiger charge is 2.53. The summed E-state index contributed by atoms with van der Waals surface area (Å²) in [5, 5.41) is 75.8. The number of amides is 6. The summed E-state index contributed by atoms with van der Waals surface area (Å²) in [6.45, 7) is 23.6. The molecule has 3 unspecified atom stereocenters. The second-order valence-corrected chi connectivity index (χ2v) is 43.9. The number of hydrogen-bond donors (Lipinski definition) is 8. The van der Waals surface area contributed by atoms with Crippen LogP contribution < -0.4 is 41.5 Å². The number of aliphatic hydroxyl groups is 2. The van der Waals surface area contributed by atoms with Gasteiger partial charge in [0, 0.05) is 159 Å². The molecule has 20 rings (SSSR count). The number of ether oxygens (including phenoxy) is 3. The van der Waals surface area contributed by atoms with Crippen molar-refractivity contribution in [1.82, 2.24) is 85.6 Å². The third-order valence-electron chi connectivity index (χ3n) is 32.4. The zero-order valence-corrected chi connectivity index (χ0v) is 85.4. The second-order valence-electron chi connectivity index (χ2n) is 42.2. The third-order valence-corrected chi connectivity index (χ3v) is 34.3. The monoisotopic (exact) mass is 2030 g/mol. The zero-order valence-electron chi connectivity index (χ0n) is 83.8. The molecule has 10 aliphatic rings. The number of piperazine rings is 2. The van der Waals surface area contributed by atoms with Crippen molar-refractivity contribution in [1.29, 1.82) is 0 Å². The number of benzene rings is 4. The van der Waals surface area contributed by atoms with Gasteiger partial charge in [0.1, 0.15) is 54.2 Å². The van der Waals surface area contributed by atoms with Gasteiger partial charge in [0.25, 0.3) is 11.8 Å². The predicted molar refractivity (Wildman–Crippen MR) is 552 cm³/mol. The zero-order chi connectivity index (χ0) is 101. The molecule has 1 aliphatic carbocycles. The van der Waals surface area contributed by atoms with E-state index in [0.717, 1.165) is 127 Å². The molecule has 6 aromatic heterocycles. The average Bonchev–Trinajstić information content (AvgIpc) is 1.36. The van der Waals surface area contributed by atoms with Crippen LogP contribution in [0.5, 0.6) is 17.4 Å². The Bertz CT molecular complexity index is 6250. The molecule has 2 bridgehead atoms. The largest absolute Gasteiger partial charge is 0.507 e. The minimum Gasteiger partial charge on any atom is -0.507 e. The van der Waals surface area contributed by atoms with Gasteiger partial charge in [0.15, 0.2) is 29.0 Å². The van der Waals surface area contributed by atoms with Crippen molar-refractivity contribution in [2.24, 2.45) is 23.2 Å². The maximum absolute atomic E-state index is 15.5. The number of thiazole rings is 2. The van der Waals surface area contributed by atoms with E-state index in [0.29, 0.717) is 161 Å². The first kappa shape index (κ1) is 101. The standard InChI is InChI=1S/C107H134N22O15S2/c1-63(2)95(90-51-93(118-143-90)123-35-27-68(28-36-123)55-121-37-31-107(32-38-121)53-75(54-107)125-44-46-140-92(60-125)103(136)129-73-24-25-74(129)57-126(56-73)85-50-83(115-117-100(85)109)80-12-8-10-14-89(80)133)104(137)127-58-76(130)47-86(127)101(134)112-66(5)70-18-22-72(23-19-70)98-81(111-62-146-98)26-15-64(3)96(105(138)128-59-77(131)48-87(128)102(135)113-65(4)69-16-20-71(21-17-69)97-67(6)110-61-145-97)91-52-94(119-144-91)141-45-43-120-33-29-78(30-34-120)142-106(139)124-41-39-122(40-42-124)84-49-82(114-116-99(84)108)79-11-7-9-13-88(79)132/h7-14,16-23,49-52,61-66,68,73-78,86-87,92,95-96,130-133H,15,24-48,53-60H2,1-6H3,(H2,108,116)(H2,109,117)(H,112,134)(H,113,135)/t64?,65-,66-,73?,74?,76+,77+,86-,87-,92+,95+,96+/m0/s1. The summed E-state index contributed by atoms with van der Waals surface area (Å²) < 4.78 is 30.8. The third kappa shape index (κ3) is 21.9. The van der Waals surface area contributed by atoms with Gasteiger partial charge in [-0.1, -0.05) is 98.7 Å². The van der Waals surface area contributed by atoms with E-state index in [1.54, 1.807) is 58.1 Å². The van der Waals surface area contributed by atoms with Crippen molar-refractivity contribution in [3.8, 4) is 60.8 Å². The average molecular weight is 2030 g/mol. The van der Waals surface area contributed by atoms with Gasteiger partial charge in [0.05, 0.1) is 85.8 Å². The molecule has 37 nitrogen and oxygen atoms in total. The number of hydrogen-bond acceptors (Lipinski definition) is 33. The quantitative estimate of drug-likeness (QED) is 0.0200. The number of anilines is 5. The molecule has 39 heteroatoms. The van der Waals surface area contributed by atoms with Crippen molar-refractivity contribution in [3.63, 3.8) is 0 Å². The number of nitrogens with one attached hydrogen (secondary N) is 2. The van der Waals surface area contributed by atoms with Gasteiger partial charge in [-0.15, -0.1) is 43.1 Å². The number of morpholine rings is 1. The second kappa shape index (κ2) is 43.9. The Morgan fingerprint density at radius 2 is 1.13 bits per heavy atom. The number of nitrogens with two attached hydrogens (primary N) is 2. The number of nitrogen functional groups attached to an aromatic ring is 2. The Morgan fingerprint density at radius 3 is 1.72 bits per heavy atom. The number of nitrogens with zero attached hydrogens (tertiary/aromatic N) is 18. The Hall–Kier alpha value is -12.5. The maximum atomic E-state index is 15.5. The first-order valence-electron chi connectivity index (χ1n) is 52.0. The van der Waals surface area contributed by atoms with Crippen LogP contribution in [0.3, 0.4) is 0 Å². The number of aliphatic hydroxyl groups excluding tert-OH is 2. The number of β-amino-alcohol motifs (C(OH)–C–C–N with tert-alkyl or cyclic N) is 2. The molecule has 1 saturated carbocycles. The fourth-order valence-electron chi connectivity index (χ4n) is 23.9.